The minimum atomic E-state index is -0.131. The molecule has 2 aromatic rings. The van der Waals surface area contributed by atoms with Crippen molar-refractivity contribution in [1.29, 1.82) is 0 Å². The highest BCUT2D eigenvalue weighted by atomic mass is 35.5. The van der Waals surface area contributed by atoms with Gasteiger partial charge in [0.1, 0.15) is 5.75 Å². The van der Waals surface area contributed by atoms with Gasteiger partial charge in [-0.2, -0.15) is 0 Å². The molecule has 106 valence electrons. The van der Waals surface area contributed by atoms with E-state index >= 15 is 0 Å². The number of ether oxygens (including phenoxy) is 1. The van der Waals surface area contributed by atoms with Crippen LogP contribution in [0.15, 0.2) is 36.4 Å². The molecule has 0 amide bonds. The van der Waals surface area contributed by atoms with Crippen molar-refractivity contribution in [3.8, 4) is 17.2 Å². The Bertz CT molecular complexity index is 602. The Morgan fingerprint density at radius 2 is 2.00 bits per heavy atom. The fourth-order valence-electron chi connectivity index (χ4n) is 1.80. The Labute approximate surface area is 122 Å². The second-order valence-electron chi connectivity index (χ2n) is 4.22. The molecule has 5 heteroatoms. The third kappa shape index (κ3) is 3.27. The normalized spacial score (nSPS) is 10.3. The van der Waals surface area contributed by atoms with E-state index in [1.807, 2.05) is 13.0 Å². The molecule has 0 fully saturated rings. The fourth-order valence-corrected chi connectivity index (χ4v) is 2.04. The lowest BCUT2D eigenvalue weighted by molar-refractivity contribution is 0.340. The van der Waals surface area contributed by atoms with E-state index in [-0.39, 0.29) is 11.5 Å². The molecule has 0 heterocycles. The first-order chi connectivity index (χ1) is 9.61. The summed E-state index contributed by atoms with van der Waals surface area (Å²) >= 11 is 6.09. The number of halogens is 1. The monoisotopic (exact) mass is 293 g/mol. The highest BCUT2D eigenvalue weighted by Gasteiger charge is 2.06. The van der Waals surface area contributed by atoms with E-state index in [0.29, 0.717) is 29.5 Å². The van der Waals surface area contributed by atoms with Gasteiger partial charge in [-0.25, -0.2) is 0 Å². The number of para-hydroxylation sites is 1. The average molecular weight is 294 g/mol. The molecule has 0 radical (unpaired) electrons. The van der Waals surface area contributed by atoms with Gasteiger partial charge >= 0.3 is 0 Å². The third-order valence-electron chi connectivity index (χ3n) is 2.81. The number of rotatable bonds is 5. The molecule has 0 aliphatic heterocycles. The van der Waals surface area contributed by atoms with E-state index in [2.05, 4.69) is 5.32 Å². The first kappa shape index (κ1) is 14.3. The summed E-state index contributed by atoms with van der Waals surface area (Å²) in [6.07, 6.45) is 0. The van der Waals surface area contributed by atoms with E-state index in [0.717, 1.165) is 5.69 Å². The summed E-state index contributed by atoms with van der Waals surface area (Å²) in [7, 11) is 0. The smallest absolute Gasteiger partial charge is 0.162 e. The van der Waals surface area contributed by atoms with Crippen LogP contribution in [0, 0.1) is 0 Å². The van der Waals surface area contributed by atoms with E-state index in [4.69, 9.17) is 16.3 Å². The zero-order chi connectivity index (χ0) is 14.5. The lowest BCUT2D eigenvalue weighted by atomic mass is 10.2. The molecular formula is C15H16ClNO3. The molecule has 0 atom stereocenters. The Balaban J connectivity index is 2.07. The highest BCUT2D eigenvalue weighted by Crippen LogP contribution is 2.30. The molecule has 2 rings (SSSR count). The molecule has 0 saturated heterocycles. The van der Waals surface area contributed by atoms with Crippen LogP contribution < -0.4 is 10.1 Å². The second-order valence-corrected chi connectivity index (χ2v) is 4.62. The van der Waals surface area contributed by atoms with Crippen LogP contribution in [0.25, 0.3) is 0 Å². The van der Waals surface area contributed by atoms with Gasteiger partial charge in [0.15, 0.2) is 11.5 Å². The van der Waals surface area contributed by atoms with Crippen LogP contribution in [-0.2, 0) is 6.54 Å². The van der Waals surface area contributed by atoms with Gasteiger partial charge in [-0.05, 0) is 31.2 Å². The van der Waals surface area contributed by atoms with Crippen LogP contribution in [0.5, 0.6) is 17.2 Å². The summed E-state index contributed by atoms with van der Waals surface area (Å²) in [6.45, 7) is 2.83. The van der Waals surface area contributed by atoms with Gasteiger partial charge in [0.05, 0.1) is 11.6 Å². The molecule has 0 unspecified atom stereocenters. The van der Waals surface area contributed by atoms with Crippen molar-refractivity contribution < 1.29 is 14.9 Å². The lowest BCUT2D eigenvalue weighted by Crippen LogP contribution is -2.00. The van der Waals surface area contributed by atoms with Crippen molar-refractivity contribution in [3.05, 3.63) is 47.0 Å². The largest absolute Gasteiger partial charge is 0.504 e. The molecule has 0 aliphatic carbocycles. The average Bonchev–Trinajstić information content (AvgIpc) is 2.43. The lowest BCUT2D eigenvalue weighted by Gasteiger charge is -2.11. The van der Waals surface area contributed by atoms with Gasteiger partial charge < -0.3 is 20.3 Å². The third-order valence-corrected chi connectivity index (χ3v) is 3.11. The van der Waals surface area contributed by atoms with Crippen molar-refractivity contribution in [2.75, 3.05) is 11.9 Å². The first-order valence-electron chi connectivity index (χ1n) is 6.28. The maximum atomic E-state index is 9.71. The molecule has 0 aliphatic rings. The number of nitrogens with one attached hydrogen (secondary N) is 1. The number of phenolic OH excluding ortho intramolecular Hbond substituents is 2. The van der Waals surface area contributed by atoms with Gasteiger partial charge in [-0.3, -0.25) is 0 Å². The maximum absolute atomic E-state index is 9.71. The van der Waals surface area contributed by atoms with Gasteiger partial charge in [0.2, 0.25) is 0 Å². The standard InChI is InChI=1S/C15H16ClNO3/c1-2-20-14-7-6-11(8-12(14)16)17-9-10-4-3-5-13(18)15(10)19/h3-8,17-19H,2,9H2,1H3. The van der Waals surface area contributed by atoms with Crippen LogP contribution in [0.1, 0.15) is 12.5 Å². The number of phenols is 2. The van der Waals surface area contributed by atoms with Crippen molar-refractivity contribution >= 4 is 17.3 Å². The number of anilines is 1. The first-order valence-corrected chi connectivity index (χ1v) is 6.65. The number of hydrogen-bond acceptors (Lipinski definition) is 4. The summed E-state index contributed by atoms with van der Waals surface area (Å²) in [6, 6.07) is 10.2. The van der Waals surface area contributed by atoms with Crippen molar-refractivity contribution in [2.24, 2.45) is 0 Å². The molecule has 3 N–H and O–H groups in total. The Morgan fingerprint density at radius 1 is 1.20 bits per heavy atom. The minimum Gasteiger partial charge on any atom is -0.504 e. The fraction of sp³-hybridized carbons (Fsp3) is 0.200. The zero-order valence-corrected chi connectivity index (χ0v) is 11.8. The van der Waals surface area contributed by atoms with E-state index < -0.39 is 0 Å². The second kappa shape index (κ2) is 6.39. The molecule has 0 saturated carbocycles. The van der Waals surface area contributed by atoms with Crippen LogP contribution >= 0.6 is 11.6 Å². The minimum absolute atomic E-state index is 0.114. The van der Waals surface area contributed by atoms with Gasteiger partial charge in [0.25, 0.3) is 0 Å². The Morgan fingerprint density at radius 3 is 2.70 bits per heavy atom. The quantitative estimate of drug-likeness (QED) is 0.735. The van der Waals surface area contributed by atoms with Gasteiger partial charge in [-0.1, -0.05) is 23.7 Å². The summed E-state index contributed by atoms with van der Waals surface area (Å²) in [4.78, 5) is 0. The van der Waals surface area contributed by atoms with Crippen molar-refractivity contribution in [3.63, 3.8) is 0 Å². The van der Waals surface area contributed by atoms with E-state index in [1.165, 1.54) is 6.07 Å². The zero-order valence-electron chi connectivity index (χ0n) is 11.1. The molecule has 0 bridgehead atoms. The molecular weight excluding hydrogens is 278 g/mol. The SMILES string of the molecule is CCOc1ccc(NCc2cccc(O)c2O)cc1Cl. The number of aromatic hydroxyl groups is 2. The summed E-state index contributed by atoms with van der Waals surface area (Å²) in [5.41, 5.74) is 1.41. The molecule has 2 aromatic carbocycles. The Kier molecular flexibility index (Phi) is 4.58. The topological polar surface area (TPSA) is 61.7 Å². The maximum Gasteiger partial charge on any atom is 0.162 e. The molecule has 0 aromatic heterocycles. The predicted octanol–water partition coefficient (Wildman–Crippen LogP) is 3.76. The van der Waals surface area contributed by atoms with Crippen LogP contribution in [0.2, 0.25) is 5.02 Å². The van der Waals surface area contributed by atoms with Crippen molar-refractivity contribution in [1.82, 2.24) is 0 Å². The molecule has 20 heavy (non-hydrogen) atoms. The summed E-state index contributed by atoms with van der Waals surface area (Å²) in [5.74, 6) is 0.394. The predicted molar refractivity (Wildman–Crippen MR) is 79.7 cm³/mol. The van der Waals surface area contributed by atoms with Crippen molar-refractivity contribution in [2.45, 2.75) is 13.5 Å². The van der Waals surface area contributed by atoms with Gasteiger partial charge in [0, 0.05) is 17.8 Å². The van der Waals surface area contributed by atoms with E-state index in [1.54, 1.807) is 24.3 Å². The summed E-state index contributed by atoms with van der Waals surface area (Å²) < 4.78 is 5.36. The molecule has 0 spiro atoms. The summed E-state index contributed by atoms with van der Waals surface area (Å²) in [5, 5.41) is 22.8. The number of benzene rings is 2. The van der Waals surface area contributed by atoms with E-state index in [9.17, 15) is 10.2 Å². The van der Waals surface area contributed by atoms with Crippen LogP contribution in [0.4, 0.5) is 5.69 Å². The number of hydrogen-bond donors (Lipinski definition) is 3. The molecule has 4 nitrogen and oxygen atoms in total. The highest BCUT2D eigenvalue weighted by molar-refractivity contribution is 6.32. The van der Waals surface area contributed by atoms with Crippen LogP contribution in [0.3, 0.4) is 0 Å². The Hall–Kier alpha value is -2.07. The van der Waals surface area contributed by atoms with Gasteiger partial charge in [-0.15, -0.1) is 0 Å². The van der Waals surface area contributed by atoms with Crippen LogP contribution in [-0.4, -0.2) is 16.8 Å².